The SMILES string of the molecule is CCOC(=O)/C(C)=C/CCC1(C)CCCCCC2(C1)OCCO2. The van der Waals surface area contributed by atoms with Crippen molar-refractivity contribution in [3.8, 4) is 0 Å². The summed E-state index contributed by atoms with van der Waals surface area (Å²) in [6, 6.07) is 0. The van der Waals surface area contributed by atoms with Crippen molar-refractivity contribution in [3.05, 3.63) is 11.6 Å². The Morgan fingerprint density at radius 1 is 1.17 bits per heavy atom. The van der Waals surface area contributed by atoms with Gasteiger partial charge in [0.1, 0.15) is 0 Å². The van der Waals surface area contributed by atoms with E-state index in [2.05, 4.69) is 6.92 Å². The summed E-state index contributed by atoms with van der Waals surface area (Å²) < 4.78 is 17.0. The molecule has 0 bridgehead atoms. The van der Waals surface area contributed by atoms with E-state index >= 15 is 0 Å². The normalized spacial score (nSPS) is 28.4. The second-order valence-corrected chi connectivity index (χ2v) is 7.30. The Morgan fingerprint density at radius 3 is 2.57 bits per heavy atom. The molecule has 1 spiro atoms. The quantitative estimate of drug-likeness (QED) is 0.556. The monoisotopic (exact) mass is 324 g/mol. The summed E-state index contributed by atoms with van der Waals surface area (Å²) >= 11 is 0. The Morgan fingerprint density at radius 2 is 1.87 bits per heavy atom. The van der Waals surface area contributed by atoms with Gasteiger partial charge in [0.15, 0.2) is 5.79 Å². The van der Waals surface area contributed by atoms with E-state index in [0.717, 1.165) is 38.9 Å². The van der Waals surface area contributed by atoms with Gasteiger partial charge >= 0.3 is 5.97 Å². The summed E-state index contributed by atoms with van der Waals surface area (Å²) in [4.78, 5) is 11.7. The minimum Gasteiger partial charge on any atom is -0.463 e. The summed E-state index contributed by atoms with van der Waals surface area (Å²) in [7, 11) is 0. The molecule has 1 saturated heterocycles. The molecule has 4 nitrogen and oxygen atoms in total. The van der Waals surface area contributed by atoms with Crippen LogP contribution < -0.4 is 0 Å². The summed E-state index contributed by atoms with van der Waals surface area (Å²) in [6.07, 6.45) is 10.9. The predicted molar refractivity (Wildman–Crippen MR) is 90.1 cm³/mol. The van der Waals surface area contributed by atoms with Gasteiger partial charge in [-0.15, -0.1) is 0 Å². The van der Waals surface area contributed by atoms with Crippen LogP contribution in [0.1, 0.15) is 72.1 Å². The van der Waals surface area contributed by atoms with E-state index in [1.807, 2.05) is 19.9 Å². The maximum absolute atomic E-state index is 11.7. The molecule has 1 aliphatic heterocycles. The Bertz CT molecular complexity index is 423. The van der Waals surface area contributed by atoms with Crippen molar-refractivity contribution in [1.82, 2.24) is 0 Å². The fraction of sp³-hybridized carbons (Fsp3) is 0.842. The number of carbonyl (C=O) groups is 1. The molecule has 1 saturated carbocycles. The van der Waals surface area contributed by atoms with Gasteiger partial charge in [-0.2, -0.15) is 0 Å². The molecular formula is C19H32O4. The second-order valence-electron chi connectivity index (χ2n) is 7.30. The van der Waals surface area contributed by atoms with Crippen LogP contribution in [0.25, 0.3) is 0 Å². The van der Waals surface area contributed by atoms with Gasteiger partial charge in [0, 0.05) is 18.4 Å². The van der Waals surface area contributed by atoms with Crippen molar-refractivity contribution in [3.63, 3.8) is 0 Å². The fourth-order valence-corrected chi connectivity index (χ4v) is 3.87. The number of hydrogen-bond donors (Lipinski definition) is 0. The minimum absolute atomic E-state index is 0.200. The molecule has 1 unspecified atom stereocenters. The molecule has 0 amide bonds. The first-order valence-corrected chi connectivity index (χ1v) is 9.10. The zero-order chi connectivity index (χ0) is 16.8. The predicted octanol–water partition coefficient (Wildman–Crippen LogP) is 4.38. The summed E-state index contributed by atoms with van der Waals surface area (Å²) in [5, 5.41) is 0. The van der Waals surface area contributed by atoms with Gasteiger partial charge in [-0.3, -0.25) is 0 Å². The Balaban J connectivity index is 1.95. The van der Waals surface area contributed by atoms with Crippen molar-refractivity contribution in [2.45, 2.75) is 77.9 Å². The first-order chi connectivity index (χ1) is 11.0. The fourth-order valence-electron chi connectivity index (χ4n) is 3.87. The third-order valence-electron chi connectivity index (χ3n) is 5.14. The lowest BCUT2D eigenvalue weighted by Crippen LogP contribution is -2.38. The molecule has 1 heterocycles. The molecule has 0 aromatic rings. The third-order valence-corrected chi connectivity index (χ3v) is 5.14. The summed E-state index contributed by atoms with van der Waals surface area (Å²) in [5.41, 5.74) is 0.917. The van der Waals surface area contributed by atoms with E-state index in [0.29, 0.717) is 12.2 Å². The lowest BCUT2D eigenvalue weighted by atomic mass is 9.72. The van der Waals surface area contributed by atoms with Crippen molar-refractivity contribution in [2.75, 3.05) is 19.8 Å². The van der Waals surface area contributed by atoms with E-state index in [1.54, 1.807) is 0 Å². The van der Waals surface area contributed by atoms with Crippen molar-refractivity contribution in [2.24, 2.45) is 5.41 Å². The molecule has 2 rings (SSSR count). The van der Waals surface area contributed by atoms with Crippen molar-refractivity contribution >= 4 is 5.97 Å². The average Bonchev–Trinajstić information content (AvgIpc) is 2.94. The van der Waals surface area contributed by atoms with E-state index < -0.39 is 0 Å². The third kappa shape index (κ3) is 5.32. The highest BCUT2D eigenvalue weighted by atomic mass is 16.7. The topological polar surface area (TPSA) is 44.8 Å². The highest BCUT2D eigenvalue weighted by Gasteiger charge is 2.43. The van der Waals surface area contributed by atoms with Crippen LogP contribution in [0.15, 0.2) is 11.6 Å². The molecule has 0 aromatic heterocycles. The molecule has 2 fully saturated rings. The number of allylic oxidation sites excluding steroid dienone is 1. The molecule has 132 valence electrons. The van der Waals surface area contributed by atoms with Gasteiger partial charge < -0.3 is 14.2 Å². The standard InChI is InChI=1S/C19H32O4/c1-4-21-17(20)16(2)9-8-11-18(3)10-6-5-7-12-19(15-18)22-13-14-23-19/h9H,4-8,10-15H2,1-3H3/b16-9+. The van der Waals surface area contributed by atoms with Gasteiger partial charge in [0.2, 0.25) is 0 Å². The number of rotatable bonds is 5. The Hall–Kier alpha value is -0.870. The van der Waals surface area contributed by atoms with Gasteiger partial charge in [-0.25, -0.2) is 4.79 Å². The first kappa shape index (κ1) is 18.5. The Kier molecular flexibility index (Phi) is 6.66. The number of hydrogen-bond acceptors (Lipinski definition) is 4. The largest absolute Gasteiger partial charge is 0.463 e. The lowest BCUT2D eigenvalue weighted by Gasteiger charge is -2.40. The molecule has 0 aromatic carbocycles. The molecule has 0 radical (unpaired) electrons. The Labute approximate surface area is 140 Å². The molecule has 2 aliphatic rings. The van der Waals surface area contributed by atoms with Crippen LogP contribution in [0, 0.1) is 5.41 Å². The second kappa shape index (κ2) is 8.29. The molecule has 0 N–H and O–H groups in total. The van der Waals surface area contributed by atoms with Crippen LogP contribution in [0.4, 0.5) is 0 Å². The van der Waals surface area contributed by atoms with Crippen LogP contribution in [0.5, 0.6) is 0 Å². The van der Waals surface area contributed by atoms with Gasteiger partial charge in [-0.05, 0) is 44.9 Å². The van der Waals surface area contributed by atoms with Crippen LogP contribution in [-0.2, 0) is 19.0 Å². The molecule has 23 heavy (non-hydrogen) atoms. The van der Waals surface area contributed by atoms with Crippen LogP contribution in [-0.4, -0.2) is 31.6 Å². The zero-order valence-electron chi connectivity index (χ0n) is 15.0. The van der Waals surface area contributed by atoms with Gasteiger partial charge in [0.25, 0.3) is 0 Å². The average molecular weight is 324 g/mol. The first-order valence-electron chi connectivity index (χ1n) is 9.10. The summed E-state index contributed by atoms with van der Waals surface area (Å²) in [6.45, 7) is 7.89. The van der Waals surface area contributed by atoms with Crippen LogP contribution in [0.2, 0.25) is 0 Å². The maximum atomic E-state index is 11.7. The van der Waals surface area contributed by atoms with E-state index in [1.165, 1.54) is 25.7 Å². The molecule has 1 aliphatic carbocycles. The highest BCUT2D eigenvalue weighted by Crippen LogP contribution is 2.45. The van der Waals surface area contributed by atoms with Crippen LogP contribution >= 0.6 is 0 Å². The molecule has 1 atom stereocenters. The van der Waals surface area contributed by atoms with E-state index in [9.17, 15) is 4.79 Å². The van der Waals surface area contributed by atoms with Crippen LogP contribution in [0.3, 0.4) is 0 Å². The molecule has 4 heteroatoms. The number of carbonyl (C=O) groups excluding carboxylic acids is 1. The van der Waals surface area contributed by atoms with Crippen molar-refractivity contribution in [1.29, 1.82) is 0 Å². The van der Waals surface area contributed by atoms with Gasteiger partial charge in [0.05, 0.1) is 19.8 Å². The molecular weight excluding hydrogens is 292 g/mol. The minimum atomic E-state index is -0.352. The van der Waals surface area contributed by atoms with E-state index in [-0.39, 0.29) is 17.2 Å². The lowest BCUT2D eigenvalue weighted by molar-refractivity contribution is -0.189. The maximum Gasteiger partial charge on any atom is 0.333 e. The smallest absolute Gasteiger partial charge is 0.333 e. The number of esters is 1. The number of ether oxygens (including phenoxy) is 3. The zero-order valence-corrected chi connectivity index (χ0v) is 15.0. The van der Waals surface area contributed by atoms with Crippen molar-refractivity contribution < 1.29 is 19.0 Å². The van der Waals surface area contributed by atoms with E-state index in [4.69, 9.17) is 14.2 Å². The highest BCUT2D eigenvalue weighted by molar-refractivity contribution is 5.87. The summed E-state index contributed by atoms with van der Waals surface area (Å²) in [5.74, 6) is -0.552. The van der Waals surface area contributed by atoms with Gasteiger partial charge in [-0.1, -0.05) is 25.8 Å².